The van der Waals surface area contributed by atoms with E-state index >= 15 is 0 Å². The highest BCUT2D eigenvalue weighted by atomic mass is 16.5. The molecule has 102 valence electrons. The lowest BCUT2D eigenvalue weighted by atomic mass is 9.97. The van der Waals surface area contributed by atoms with Crippen molar-refractivity contribution in [1.29, 1.82) is 0 Å². The van der Waals surface area contributed by atoms with E-state index < -0.39 is 0 Å². The van der Waals surface area contributed by atoms with Gasteiger partial charge in [-0.3, -0.25) is 4.90 Å². The summed E-state index contributed by atoms with van der Waals surface area (Å²) < 4.78 is 5.33. The first kappa shape index (κ1) is 14.9. The molecular formula is C14H29NO2. The maximum atomic E-state index is 9.27. The minimum atomic E-state index is 0.373. The van der Waals surface area contributed by atoms with Crippen LogP contribution in [0.15, 0.2) is 0 Å². The second-order valence-electron chi connectivity index (χ2n) is 5.14. The third-order valence-corrected chi connectivity index (χ3v) is 3.66. The van der Waals surface area contributed by atoms with Crippen molar-refractivity contribution in [2.24, 2.45) is 5.92 Å². The van der Waals surface area contributed by atoms with Gasteiger partial charge in [0.25, 0.3) is 0 Å². The Kier molecular flexibility index (Phi) is 8.67. The summed E-state index contributed by atoms with van der Waals surface area (Å²) in [5, 5.41) is 9.27. The second kappa shape index (κ2) is 9.86. The van der Waals surface area contributed by atoms with E-state index in [9.17, 15) is 5.11 Å². The summed E-state index contributed by atoms with van der Waals surface area (Å²) in [5.74, 6) is 0.541. The van der Waals surface area contributed by atoms with Gasteiger partial charge in [-0.25, -0.2) is 0 Å². The summed E-state index contributed by atoms with van der Waals surface area (Å²) in [6.07, 6.45) is 7.42. The van der Waals surface area contributed by atoms with E-state index in [1.54, 1.807) is 0 Å². The third kappa shape index (κ3) is 7.02. The molecule has 1 rings (SSSR count). The van der Waals surface area contributed by atoms with E-state index in [0.29, 0.717) is 12.5 Å². The van der Waals surface area contributed by atoms with Gasteiger partial charge < -0.3 is 9.84 Å². The summed E-state index contributed by atoms with van der Waals surface area (Å²) in [7, 11) is 0. The predicted octanol–water partition coefficient (Wildman–Crippen LogP) is 2.29. The van der Waals surface area contributed by atoms with Crippen molar-refractivity contribution >= 4 is 0 Å². The molecule has 3 heteroatoms. The van der Waals surface area contributed by atoms with E-state index in [0.717, 1.165) is 26.3 Å². The van der Waals surface area contributed by atoms with Gasteiger partial charge in [0.1, 0.15) is 0 Å². The fraction of sp³-hybridized carbons (Fsp3) is 1.00. The van der Waals surface area contributed by atoms with E-state index in [1.165, 1.54) is 45.1 Å². The Hall–Kier alpha value is -0.120. The quantitative estimate of drug-likeness (QED) is 0.631. The second-order valence-corrected chi connectivity index (χ2v) is 5.14. The molecule has 0 bridgehead atoms. The van der Waals surface area contributed by atoms with E-state index in [4.69, 9.17) is 4.74 Å². The third-order valence-electron chi connectivity index (χ3n) is 3.66. The zero-order valence-corrected chi connectivity index (χ0v) is 11.4. The fourth-order valence-corrected chi connectivity index (χ4v) is 2.41. The first-order chi connectivity index (χ1) is 8.36. The smallest absolute Gasteiger partial charge is 0.0594 e. The van der Waals surface area contributed by atoms with Gasteiger partial charge in [0.2, 0.25) is 0 Å². The lowest BCUT2D eigenvalue weighted by Crippen LogP contribution is -2.36. The fourth-order valence-electron chi connectivity index (χ4n) is 2.41. The molecule has 0 aromatic rings. The van der Waals surface area contributed by atoms with Crippen molar-refractivity contribution in [2.45, 2.75) is 45.4 Å². The van der Waals surface area contributed by atoms with Crippen LogP contribution in [0.5, 0.6) is 0 Å². The number of hydrogen-bond acceptors (Lipinski definition) is 3. The minimum absolute atomic E-state index is 0.373. The van der Waals surface area contributed by atoms with Crippen LogP contribution in [0.25, 0.3) is 0 Å². The molecule has 17 heavy (non-hydrogen) atoms. The predicted molar refractivity (Wildman–Crippen MR) is 71.2 cm³/mol. The van der Waals surface area contributed by atoms with Crippen LogP contribution in [0.2, 0.25) is 0 Å². The number of ether oxygens (including phenoxy) is 1. The van der Waals surface area contributed by atoms with Crippen molar-refractivity contribution in [3.63, 3.8) is 0 Å². The van der Waals surface area contributed by atoms with Crippen LogP contribution >= 0.6 is 0 Å². The zero-order chi connectivity index (χ0) is 12.3. The van der Waals surface area contributed by atoms with Crippen molar-refractivity contribution in [2.75, 3.05) is 39.5 Å². The molecule has 0 aromatic heterocycles. The maximum absolute atomic E-state index is 9.27. The van der Waals surface area contributed by atoms with Crippen molar-refractivity contribution in [1.82, 2.24) is 4.90 Å². The highest BCUT2D eigenvalue weighted by molar-refractivity contribution is 4.63. The molecule has 0 amide bonds. The van der Waals surface area contributed by atoms with Crippen molar-refractivity contribution in [3.05, 3.63) is 0 Å². The van der Waals surface area contributed by atoms with E-state index in [2.05, 4.69) is 11.8 Å². The summed E-state index contributed by atoms with van der Waals surface area (Å²) in [6.45, 7) is 7.78. The number of aliphatic hydroxyl groups is 1. The van der Waals surface area contributed by atoms with Crippen LogP contribution in [0.3, 0.4) is 0 Å². The number of aliphatic hydroxyl groups excluding tert-OH is 1. The highest BCUT2D eigenvalue weighted by Crippen LogP contribution is 2.15. The molecule has 1 aliphatic rings. The Balaban J connectivity index is 1.97. The first-order valence-corrected chi connectivity index (χ1v) is 7.27. The monoisotopic (exact) mass is 243 g/mol. The molecule has 0 radical (unpaired) electrons. The number of hydrogen-bond donors (Lipinski definition) is 1. The van der Waals surface area contributed by atoms with Gasteiger partial charge in [-0.1, -0.05) is 26.2 Å². The lowest BCUT2D eigenvalue weighted by Gasteiger charge is -2.26. The molecule has 0 spiro atoms. The molecule has 1 N–H and O–H groups in total. The summed E-state index contributed by atoms with van der Waals surface area (Å²) in [4.78, 5) is 2.49. The highest BCUT2D eigenvalue weighted by Gasteiger charge is 2.10. The van der Waals surface area contributed by atoms with Crippen LogP contribution in [0.4, 0.5) is 0 Å². The van der Waals surface area contributed by atoms with Crippen LogP contribution in [0, 0.1) is 5.92 Å². The topological polar surface area (TPSA) is 32.7 Å². The molecule has 1 saturated heterocycles. The number of nitrogens with zero attached hydrogens (tertiary/aromatic N) is 1. The molecule has 1 atom stereocenters. The number of unbranched alkanes of at least 4 members (excludes halogenated alkanes) is 2. The first-order valence-electron chi connectivity index (χ1n) is 7.27. The van der Waals surface area contributed by atoms with E-state index in [1.807, 2.05) is 0 Å². The summed E-state index contributed by atoms with van der Waals surface area (Å²) in [6, 6.07) is 0. The normalized spacial score (nSPS) is 19.4. The summed E-state index contributed by atoms with van der Waals surface area (Å²) >= 11 is 0. The molecule has 3 nitrogen and oxygen atoms in total. The zero-order valence-electron chi connectivity index (χ0n) is 11.4. The molecule has 0 unspecified atom stereocenters. The standard InChI is InChI=1S/C14H29NO2/c1-2-3-6-14(13-16)7-4-5-8-15-9-11-17-12-10-15/h14,16H,2-13H2,1H3/t14-/m1/s1. The molecule has 0 aromatic carbocycles. The van der Waals surface area contributed by atoms with Gasteiger partial charge in [-0.05, 0) is 31.7 Å². The molecular weight excluding hydrogens is 214 g/mol. The molecule has 0 saturated carbocycles. The minimum Gasteiger partial charge on any atom is -0.396 e. The van der Waals surface area contributed by atoms with Gasteiger partial charge in [0, 0.05) is 19.7 Å². The lowest BCUT2D eigenvalue weighted by molar-refractivity contribution is 0.0369. The molecule has 1 aliphatic heterocycles. The summed E-state index contributed by atoms with van der Waals surface area (Å²) in [5.41, 5.74) is 0. The van der Waals surface area contributed by atoms with Crippen molar-refractivity contribution in [3.8, 4) is 0 Å². The Labute approximate surface area is 106 Å². The van der Waals surface area contributed by atoms with Crippen LogP contribution in [-0.4, -0.2) is 49.5 Å². The number of rotatable bonds is 9. The van der Waals surface area contributed by atoms with Crippen LogP contribution < -0.4 is 0 Å². The van der Waals surface area contributed by atoms with Crippen LogP contribution in [0.1, 0.15) is 45.4 Å². The van der Waals surface area contributed by atoms with Gasteiger partial charge in [0.05, 0.1) is 13.2 Å². The molecule has 0 aliphatic carbocycles. The largest absolute Gasteiger partial charge is 0.396 e. The number of morpholine rings is 1. The van der Waals surface area contributed by atoms with Crippen molar-refractivity contribution < 1.29 is 9.84 Å². The van der Waals surface area contributed by atoms with Gasteiger partial charge in [-0.2, -0.15) is 0 Å². The SMILES string of the molecule is CCCC[C@@H](CO)CCCCN1CCOCC1. The molecule has 1 fully saturated rings. The van der Waals surface area contributed by atoms with Gasteiger partial charge in [0.15, 0.2) is 0 Å². The Bertz CT molecular complexity index is 170. The molecule has 1 heterocycles. The average Bonchev–Trinajstić information content (AvgIpc) is 2.39. The van der Waals surface area contributed by atoms with Gasteiger partial charge >= 0.3 is 0 Å². The Morgan fingerprint density at radius 2 is 1.82 bits per heavy atom. The van der Waals surface area contributed by atoms with E-state index in [-0.39, 0.29) is 0 Å². The Morgan fingerprint density at radius 3 is 2.47 bits per heavy atom. The van der Waals surface area contributed by atoms with Crippen LogP contribution in [-0.2, 0) is 4.74 Å². The average molecular weight is 243 g/mol. The maximum Gasteiger partial charge on any atom is 0.0594 e. The Morgan fingerprint density at radius 1 is 1.12 bits per heavy atom. The van der Waals surface area contributed by atoms with Gasteiger partial charge in [-0.15, -0.1) is 0 Å².